The number of anilines is 2. The molecule has 4 heteroatoms. The molecule has 0 aliphatic rings. The summed E-state index contributed by atoms with van der Waals surface area (Å²) < 4.78 is 13.5. The zero-order valence-corrected chi connectivity index (χ0v) is 10.5. The van der Waals surface area contributed by atoms with E-state index in [1.54, 1.807) is 36.4 Å². The molecule has 1 N–H and O–H groups in total. The highest BCUT2D eigenvalue weighted by Crippen LogP contribution is 2.27. The second-order valence-electron chi connectivity index (χ2n) is 3.86. The van der Waals surface area contributed by atoms with Gasteiger partial charge >= 0.3 is 0 Å². The highest BCUT2D eigenvalue weighted by Gasteiger charge is 2.07. The molecule has 0 spiro atoms. The zero-order chi connectivity index (χ0) is 13.1. The van der Waals surface area contributed by atoms with Gasteiger partial charge in [-0.05, 0) is 37.3 Å². The topological polar surface area (TPSA) is 29.1 Å². The van der Waals surface area contributed by atoms with Gasteiger partial charge < -0.3 is 5.32 Å². The maximum absolute atomic E-state index is 13.5. The van der Waals surface area contributed by atoms with Crippen LogP contribution in [0, 0.1) is 5.82 Å². The van der Waals surface area contributed by atoms with Crippen molar-refractivity contribution in [2.45, 2.75) is 6.92 Å². The third kappa shape index (κ3) is 2.68. The largest absolute Gasteiger partial charge is 0.352 e. The lowest BCUT2D eigenvalue weighted by molar-refractivity contribution is 0.101. The first-order valence-corrected chi connectivity index (χ1v) is 5.78. The molecule has 2 rings (SSSR count). The normalized spacial score (nSPS) is 10.2. The first-order valence-electron chi connectivity index (χ1n) is 5.40. The van der Waals surface area contributed by atoms with Gasteiger partial charge in [0.2, 0.25) is 0 Å². The quantitative estimate of drug-likeness (QED) is 0.830. The summed E-state index contributed by atoms with van der Waals surface area (Å²) in [7, 11) is 0. The van der Waals surface area contributed by atoms with Gasteiger partial charge in [0.15, 0.2) is 5.78 Å². The first-order chi connectivity index (χ1) is 8.58. The molecule has 18 heavy (non-hydrogen) atoms. The molecule has 92 valence electrons. The second-order valence-corrected chi connectivity index (χ2v) is 4.26. The van der Waals surface area contributed by atoms with Gasteiger partial charge in [-0.25, -0.2) is 4.39 Å². The van der Waals surface area contributed by atoms with Crippen LogP contribution in [0.1, 0.15) is 17.3 Å². The monoisotopic (exact) mass is 263 g/mol. The molecule has 0 fully saturated rings. The van der Waals surface area contributed by atoms with Crippen molar-refractivity contribution in [3.63, 3.8) is 0 Å². The number of carbonyl (C=O) groups excluding carboxylic acids is 1. The Labute approximate surface area is 109 Å². The minimum atomic E-state index is -0.373. The fraction of sp³-hybridized carbons (Fsp3) is 0.0714. The van der Waals surface area contributed by atoms with E-state index in [4.69, 9.17) is 11.6 Å². The van der Waals surface area contributed by atoms with Crippen molar-refractivity contribution in [2.24, 2.45) is 0 Å². The Morgan fingerprint density at radius 1 is 1.17 bits per heavy atom. The van der Waals surface area contributed by atoms with E-state index in [0.717, 1.165) is 0 Å². The van der Waals surface area contributed by atoms with Crippen molar-refractivity contribution in [3.05, 3.63) is 58.9 Å². The van der Waals surface area contributed by atoms with Crippen LogP contribution < -0.4 is 5.32 Å². The number of benzene rings is 2. The standard InChI is InChI=1S/C14H11ClFNO/c1-9(18)10-6-7-11(15)14(8-10)17-13-5-3-2-4-12(13)16/h2-8,17H,1H3. The van der Waals surface area contributed by atoms with Crippen LogP contribution in [0.5, 0.6) is 0 Å². The van der Waals surface area contributed by atoms with E-state index < -0.39 is 0 Å². The van der Waals surface area contributed by atoms with E-state index in [9.17, 15) is 9.18 Å². The minimum absolute atomic E-state index is 0.0664. The lowest BCUT2D eigenvalue weighted by atomic mass is 10.1. The summed E-state index contributed by atoms with van der Waals surface area (Å²) in [5.74, 6) is -0.440. The van der Waals surface area contributed by atoms with Gasteiger partial charge in [-0.3, -0.25) is 4.79 Å². The van der Waals surface area contributed by atoms with Crippen LogP contribution >= 0.6 is 11.6 Å². The van der Waals surface area contributed by atoms with E-state index in [1.165, 1.54) is 13.0 Å². The maximum atomic E-state index is 13.5. The third-order valence-electron chi connectivity index (χ3n) is 2.52. The smallest absolute Gasteiger partial charge is 0.159 e. The zero-order valence-electron chi connectivity index (χ0n) is 9.71. The predicted octanol–water partition coefficient (Wildman–Crippen LogP) is 4.43. The molecule has 0 aliphatic carbocycles. The molecule has 0 amide bonds. The van der Waals surface area contributed by atoms with E-state index in [2.05, 4.69) is 5.32 Å². The minimum Gasteiger partial charge on any atom is -0.352 e. The molecule has 0 unspecified atom stereocenters. The molecule has 0 heterocycles. The summed E-state index contributed by atoms with van der Waals surface area (Å²) in [5, 5.41) is 3.31. The number of hydrogen-bond donors (Lipinski definition) is 1. The van der Waals surface area contributed by atoms with E-state index in [1.807, 2.05) is 0 Å². The average molecular weight is 264 g/mol. The number of para-hydroxylation sites is 1. The number of hydrogen-bond acceptors (Lipinski definition) is 2. The van der Waals surface area contributed by atoms with Crippen LogP contribution in [0.2, 0.25) is 5.02 Å². The van der Waals surface area contributed by atoms with E-state index in [0.29, 0.717) is 22.0 Å². The van der Waals surface area contributed by atoms with Crippen molar-refractivity contribution in [3.8, 4) is 0 Å². The molecular weight excluding hydrogens is 253 g/mol. The Morgan fingerprint density at radius 2 is 1.89 bits per heavy atom. The van der Waals surface area contributed by atoms with Crippen LogP contribution in [-0.2, 0) is 0 Å². The fourth-order valence-electron chi connectivity index (χ4n) is 1.55. The Balaban J connectivity index is 2.37. The predicted molar refractivity (Wildman–Crippen MR) is 71.1 cm³/mol. The third-order valence-corrected chi connectivity index (χ3v) is 2.85. The lowest BCUT2D eigenvalue weighted by Gasteiger charge is -2.10. The van der Waals surface area contributed by atoms with Gasteiger partial charge in [-0.15, -0.1) is 0 Å². The molecule has 0 radical (unpaired) electrons. The number of nitrogens with one attached hydrogen (secondary N) is 1. The fourth-order valence-corrected chi connectivity index (χ4v) is 1.71. The van der Waals surface area contributed by atoms with Gasteiger partial charge in [0.25, 0.3) is 0 Å². The second kappa shape index (κ2) is 5.19. The van der Waals surface area contributed by atoms with Gasteiger partial charge in [0.1, 0.15) is 5.82 Å². The molecule has 0 saturated heterocycles. The lowest BCUT2D eigenvalue weighted by Crippen LogP contribution is -1.97. The van der Waals surface area contributed by atoms with Gasteiger partial charge in [0.05, 0.1) is 16.4 Å². The van der Waals surface area contributed by atoms with Crippen molar-refractivity contribution in [1.29, 1.82) is 0 Å². The molecule has 0 saturated carbocycles. The SMILES string of the molecule is CC(=O)c1ccc(Cl)c(Nc2ccccc2F)c1. The molecule has 0 atom stereocenters. The Hall–Kier alpha value is -1.87. The van der Waals surface area contributed by atoms with Crippen LogP contribution in [0.15, 0.2) is 42.5 Å². The summed E-state index contributed by atoms with van der Waals surface area (Å²) >= 11 is 6.01. The highest BCUT2D eigenvalue weighted by atomic mass is 35.5. The van der Waals surface area contributed by atoms with Crippen LogP contribution in [-0.4, -0.2) is 5.78 Å². The van der Waals surface area contributed by atoms with E-state index in [-0.39, 0.29) is 11.6 Å². The van der Waals surface area contributed by atoms with Gasteiger partial charge in [-0.1, -0.05) is 23.7 Å². The van der Waals surface area contributed by atoms with E-state index >= 15 is 0 Å². The Bertz CT molecular complexity index is 598. The maximum Gasteiger partial charge on any atom is 0.159 e. The number of Topliss-reactive ketones (excluding diaryl/α,β-unsaturated/α-hetero) is 1. The van der Waals surface area contributed by atoms with Crippen LogP contribution in [0.25, 0.3) is 0 Å². The van der Waals surface area contributed by atoms with Crippen LogP contribution in [0.4, 0.5) is 15.8 Å². The Morgan fingerprint density at radius 3 is 2.56 bits per heavy atom. The van der Waals surface area contributed by atoms with Crippen molar-refractivity contribution < 1.29 is 9.18 Å². The van der Waals surface area contributed by atoms with Crippen LogP contribution in [0.3, 0.4) is 0 Å². The van der Waals surface area contributed by atoms with Crippen molar-refractivity contribution in [2.75, 3.05) is 5.32 Å². The number of carbonyl (C=O) groups is 1. The molecule has 2 aromatic carbocycles. The molecule has 0 aromatic heterocycles. The van der Waals surface area contributed by atoms with Crippen molar-refractivity contribution in [1.82, 2.24) is 0 Å². The highest BCUT2D eigenvalue weighted by molar-refractivity contribution is 6.33. The summed E-state index contributed by atoms with van der Waals surface area (Å²) in [6.07, 6.45) is 0. The summed E-state index contributed by atoms with van der Waals surface area (Å²) in [6, 6.07) is 11.1. The molecule has 0 aliphatic heterocycles. The first kappa shape index (κ1) is 12.6. The van der Waals surface area contributed by atoms with Gasteiger partial charge in [-0.2, -0.15) is 0 Å². The molecule has 2 nitrogen and oxygen atoms in total. The molecule has 0 bridgehead atoms. The van der Waals surface area contributed by atoms with Gasteiger partial charge in [0, 0.05) is 5.56 Å². The summed E-state index contributed by atoms with van der Waals surface area (Å²) in [4.78, 5) is 11.3. The van der Waals surface area contributed by atoms with Crippen molar-refractivity contribution >= 4 is 28.8 Å². The molecular formula is C14H11ClFNO. The summed E-state index contributed by atoms with van der Waals surface area (Å²) in [5.41, 5.74) is 1.35. The molecule has 2 aromatic rings. The number of halogens is 2. The number of ketones is 1. The summed E-state index contributed by atoms with van der Waals surface area (Å²) in [6.45, 7) is 1.47. The average Bonchev–Trinajstić information content (AvgIpc) is 2.34. The Kier molecular flexibility index (Phi) is 3.63. The number of rotatable bonds is 3.